The van der Waals surface area contributed by atoms with Crippen LogP contribution in [0, 0.1) is 34.5 Å². The second-order valence-corrected chi connectivity index (χ2v) is 6.45. The van der Waals surface area contributed by atoms with E-state index < -0.39 is 70.6 Å². The van der Waals surface area contributed by atoms with Crippen molar-refractivity contribution < 1.29 is 49.8 Å². The minimum absolute atomic E-state index is 0.211. The molecule has 0 aliphatic carbocycles. The molecule has 0 bridgehead atoms. The van der Waals surface area contributed by atoms with Crippen LogP contribution >= 0.6 is 0 Å². The predicted molar refractivity (Wildman–Crippen MR) is 81.1 cm³/mol. The summed E-state index contributed by atoms with van der Waals surface area (Å²) in [5.41, 5.74) is -1.17. The van der Waals surface area contributed by atoms with Gasteiger partial charge in [0.15, 0.2) is 6.10 Å². The van der Waals surface area contributed by atoms with Gasteiger partial charge < -0.3 is 9.47 Å². The van der Waals surface area contributed by atoms with Gasteiger partial charge in [-0.3, -0.25) is 4.79 Å². The number of benzene rings is 1. The van der Waals surface area contributed by atoms with E-state index in [1.54, 1.807) is 6.92 Å². The van der Waals surface area contributed by atoms with Crippen molar-refractivity contribution in [2.75, 3.05) is 0 Å². The Kier molecular flexibility index (Phi) is 7.08. The lowest BCUT2D eigenvalue weighted by atomic mass is 9.90. The highest BCUT2D eigenvalue weighted by molar-refractivity contribution is 5.82. The largest absolute Gasteiger partial charge is 0.455 e. The second kappa shape index (κ2) is 8.36. The fraction of sp³-hybridized carbons (Fsp3) is 0.529. The highest BCUT2D eigenvalue weighted by Gasteiger charge is 2.52. The first-order chi connectivity index (χ1) is 12.7. The number of carbonyl (C=O) groups excluding carboxylic acids is 2. The van der Waals surface area contributed by atoms with Gasteiger partial charge in [-0.15, -0.1) is 0 Å². The molecule has 1 rings (SSSR count). The Hall–Kier alpha value is -2.33. The first-order valence-corrected chi connectivity index (χ1v) is 8.04. The van der Waals surface area contributed by atoms with Crippen molar-refractivity contribution in [1.82, 2.24) is 0 Å². The SMILES string of the molecule is CCC(OC(=O)C(C)(C)CC)C(F)(F)C(=O)Oc1c(F)c(F)c(F)c(F)c1F. The molecule has 0 amide bonds. The molecule has 0 N–H and O–H groups in total. The van der Waals surface area contributed by atoms with Crippen LogP contribution in [0.25, 0.3) is 0 Å². The van der Waals surface area contributed by atoms with E-state index in [2.05, 4.69) is 9.47 Å². The normalized spacial score (nSPS) is 13.2. The number of hydrogen-bond donors (Lipinski definition) is 0. The molecule has 0 fully saturated rings. The summed E-state index contributed by atoms with van der Waals surface area (Å²) in [6.45, 7) is 5.49. The standard InChI is InChI=1S/C17H17F7O4/c1-5-7(27-14(25)16(3,4)6-2)17(23,24)15(26)28-13-11(21)9(19)8(18)10(20)12(13)22/h7H,5-6H2,1-4H3. The third kappa shape index (κ3) is 4.39. The molecule has 0 radical (unpaired) electrons. The monoisotopic (exact) mass is 418 g/mol. The summed E-state index contributed by atoms with van der Waals surface area (Å²) in [7, 11) is 0. The molecule has 1 aromatic carbocycles. The molecule has 28 heavy (non-hydrogen) atoms. The maximum atomic E-state index is 14.3. The molecule has 11 heteroatoms. The van der Waals surface area contributed by atoms with Crippen molar-refractivity contribution in [2.45, 2.75) is 52.6 Å². The molecule has 4 nitrogen and oxygen atoms in total. The minimum Gasteiger partial charge on any atom is -0.455 e. The van der Waals surface area contributed by atoms with E-state index in [1.165, 1.54) is 13.8 Å². The first kappa shape index (κ1) is 23.7. The number of ether oxygens (including phenoxy) is 2. The Bertz CT molecular complexity index is 748. The van der Waals surface area contributed by atoms with E-state index in [1.807, 2.05) is 0 Å². The van der Waals surface area contributed by atoms with Gasteiger partial charge in [0.25, 0.3) is 0 Å². The number of carbonyl (C=O) groups is 2. The maximum Gasteiger partial charge on any atom is 0.386 e. The summed E-state index contributed by atoms with van der Waals surface area (Å²) >= 11 is 0. The van der Waals surface area contributed by atoms with Gasteiger partial charge in [0.2, 0.25) is 34.8 Å². The highest BCUT2D eigenvalue weighted by atomic mass is 19.3. The minimum atomic E-state index is -4.63. The summed E-state index contributed by atoms with van der Waals surface area (Å²) in [5, 5.41) is 0. The average Bonchev–Trinajstić information content (AvgIpc) is 2.65. The van der Waals surface area contributed by atoms with Crippen LogP contribution in [0.2, 0.25) is 0 Å². The summed E-state index contributed by atoms with van der Waals surface area (Å²) in [4.78, 5) is 23.7. The number of rotatable bonds is 7. The van der Waals surface area contributed by atoms with Gasteiger partial charge >= 0.3 is 17.9 Å². The molecule has 0 aliphatic heterocycles. The number of esters is 2. The Labute approximate surface area is 155 Å². The summed E-state index contributed by atoms with van der Waals surface area (Å²) in [6, 6.07) is 0. The van der Waals surface area contributed by atoms with Gasteiger partial charge in [0, 0.05) is 0 Å². The molecule has 1 atom stereocenters. The molecule has 0 heterocycles. The van der Waals surface area contributed by atoms with Crippen molar-refractivity contribution >= 4 is 11.9 Å². The lowest BCUT2D eigenvalue weighted by Crippen LogP contribution is -2.47. The summed E-state index contributed by atoms with van der Waals surface area (Å²) in [5.74, 6) is -23.2. The number of alkyl halides is 2. The fourth-order valence-electron chi connectivity index (χ4n) is 1.81. The van der Waals surface area contributed by atoms with Gasteiger partial charge in [-0.1, -0.05) is 13.8 Å². The molecule has 0 aromatic heterocycles. The van der Waals surface area contributed by atoms with Crippen molar-refractivity contribution in [1.29, 1.82) is 0 Å². The van der Waals surface area contributed by atoms with Crippen molar-refractivity contribution in [3.63, 3.8) is 0 Å². The molecule has 158 valence electrons. The Morgan fingerprint density at radius 3 is 1.68 bits per heavy atom. The van der Waals surface area contributed by atoms with Crippen LogP contribution in [0.15, 0.2) is 0 Å². The third-order valence-electron chi connectivity index (χ3n) is 4.10. The van der Waals surface area contributed by atoms with Crippen LogP contribution in [0.4, 0.5) is 30.7 Å². The van der Waals surface area contributed by atoms with Crippen LogP contribution < -0.4 is 4.74 Å². The zero-order valence-electron chi connectivity index (χ0n) is 15.3. The Balaban J connectivity index is 3.18. The van der Waals surface area contributed by atoms with E-state index >= 15 is 0 Å². The Morgan fingerprint density at radius 1 is 0.857 bits per heavy atom. The van der Waals surface area contributed by atoms with E-state index in [-0.39, 0.29) is 6.42 Å². The molecule has 0 aliphatic rings. The van der Waals surface area contributed by atoms with Crippen LogP contribution in [0.1, 0.15) is 40.5 Å². The number of hydrogen-bond acceptors (Lipinski definition) is 4. The first-order valence-electron chi connectivity index (χ1n) is 8.04. The highest BCUT2D eigenvalue weighted by Crippen LogP contribution is 2.33. The summed E-state index contributed by atoms with van der Waals surface area (Å²) < 4.78 is 103. The fourth-order valence-corrected chi connectivity index (χ4v) is 1.81. The van der Waals surface area contributed by atoms with Gasteiger partial charge in [0.05, 0.1) is 5.41 Å². The van der Waals surface area contributed by atoms with E-state index in [9.17, 15) is 40.3 Å². The second-order valence-electron chi connectivity index (χ2n) is 6.45. The average molecular weight is 418 g/mol. The van der Waals surface area contributed by atoms with Crippen molar-refractivity contribution in [2.24, 2.45) is 5.41 Å². The molecule has 1 unspecified atom stereocenters. The lowest BCUT2D eigenvalue weighted by Gasteiger charge is -2.28. The van der Waals surface area contributed by atoms with Crippen LogP contribution in [0.3, 0.4) is 0 Å². The van der Waals surface area contributed by atoms with Crippen molar-refractivity contribution in [3.05, 3.63) is 29.1 Å². The molecule has 0 saturated heterocycles. The van der Waals surface area contributed by atoms with Gasteiger partial charge in [-0.25, -0.2) is 18.0 Å². The predicted octanol–water partition coefficient (Wildman–Crippen LogP) is 4.68. The van der Waals surface area contributed by atoms with E-state index in [0.29, 0.717) is 0 Å². The summed E-state index contributed by atoms with van der Waals surface area (Å²) in [6.07, 6.45) is -2.78. The Morgan fingerprint density at radius 2 is 1.29 bits per heavy atom. The number of halogens is 7. The van der Waals surface area contributed by atoms with Crippen LogP contribution in [-0.4, -0.2) is 24.0 Å². The van der Waals surface area contributed by atoms with Crippen LogP contribution in [0.5, 0.6) is 5.75 Å². The topological polar surface area (TPSA) is 52.6 Å². The molecule has 0 saturated carbocycles. The quantitative estimate of drug-likeness (QED) is 0.212. The molecular weight excluding hydrogens is 401 g/mol. The van der Waals surface area contributed by atoms with Gasteiger partial charge in [0.1, 0.15) is 0 Å². The van der Waals surface area contributed by atoms with Gasteiger partial charge in [-0.2, -0.15) is 17.6 Å². The third-order valence-corrected chi connectivity index (χ3v) is 4.10. The maximum absolute atomic E-state index is 14.3. The lowest BCUT2D eigenvalue weighted by molar-refractivity contribution is -0.196. The molecule has 1 aromatic rings. The van der Waals surface area contributed by atoms with Crippen molar-refractivity contribution in [3.8, 4) is 5.75 Å². The molecular formula is C17H17F7O4. The van der Waals surface area contributed by atoms with E-state index in [0.717, 1.165) is 6.92 Å². The zero-order chi connectivity index (χ0) is 22.0. The van der Waals surface area contributed by atoms with Gasteiger partial charge in [-0.05, 0) is 26.7 Å². The zero-order valence-corrected chi connectivity index (χ0v) is 15.3. The molecule has 0 spiro atoms. The van der Waals surface area contributed by atoms with Crippen LogP contribution in [-0.2, 0) is 14.3 Å². The van der Waals surface area contributed by atoms with E-state index in [4.69, 9.17) is 0 Å². The smallest absolute Gasteiger partial charge is 0.386 e.